The van der Waals surface area contributed by atoms with Crippen LogP contribution in [0.2, 0.25) is 0 Å². The molecule has 0 amide bonds. The summed E-state index contributed by atoms with van der Waals surface area (Å²) in [6.45, 7) is 1.63. The SMILES string of the molecule is CC[C@@]1(O)C(=O)OCc2c1cc1n(c2=O)Cc2c-1nc1ccc(OC)cc1c2C(=N)N. The number of nitrogen functional groups attached to an aromatic ring is 1. The van der Waals surface area contributed by atoms with E-state index in [9.17, 15) is 14.7 Å². The summed E-state index contributed by atoms with van der Waals surface area (Å²) < 4.78 is 11.9. The van der Waals surface area contributed by atoms with E-state index in [-0.39, 0.29) is 42.1 Å². The number of esters is 1. The molecule has 31 heavy (non-hydrogen) atoms. The van der Waals surface area contributed by atoms with Gasteiger partial charge in [-0.15, -0.1) is 0 Å². The third-order valence-corrected chi connectivity index (χ3v) is 6.16. The Morgan fingerprint density at radius 2 is 2.13 bits per heavy atom. The Morgan fingerprint density at radius 3 is 2.81 bits per heavy atom. The van der Waals surface area contributed by atoms with Gasteiger partial charge in [-0.2, -0.15) is 0 Å². The summed E-state index contributed by atoms with van der Waals surface area (Å²) >= 11 is 0. The summed E-state index contributed by atoms with van der Waals surface area (Å²) in [6.07, 6.45) is 0.0677. The molecule has 1 aromatic carbocycles. The normalized spacial score (nSPS) is 18.9. The van der Waals surface area contributed by atoms with Gasteiger partial charge in [-0.3, -0.25) is 10.2 Å². The summed E-state index contributed by atoms with van der Waals surface area (Å²) in [5.74, 6) is -0.317. The molecule has 0 aliphatic carbocycles. The minimum absolute atomic E-state index is 0.0677. The maximum absolute atomic E-state index is 13.3. The number of nitrogens with zero attached hydrogens (tertiary/aromatic N) is 2. The highest BCUT2D eigenvalue weighted by atomic mass is 16.6. The predicted octanol–water partition coefficient (Wildman–Crippen LogP) is 1.37. The molecule has 2 aromatic heterocycles. The van der Waals surface area contributed by atoms with Crippen molar-refractivity contribution < 1.29 is 19.4 Å². The molecule has 3 aromatic rings. The number of hydrogen-bond acceptors (Lipinski definition) is 7. The van der Waals surface area contributed by atoms with Crippen molar-refractivity contribution in [3.63, 3.8) is 0 Å². The van der Waals surface area contributed by atoms with Crippen molar-refractivity contribution in [3.8, 4) is 17.1 Å². The lowest BCUT2D eigenvalue weighted by Gasteiger charge is -2.31. The number of ether oxygens (including phenoxy) is 2. The number of cyclic esters (lactones) is 1. The van der Waals surface area contributed by atoms with Gasteiger partial charge in [-0.1, -0.05) is 6.92 Å². The van der Waals surface area contributed by atoms with Crippen LogP contribution in [0.4, 0.5) is 0 Å². The van der Waals surface area contributed by atoms with Gasteiger partial charge in [0.25, 0.3) is 5.56 Å². The van der Waals surface area contributed by atoms with E-state index in [0.717, 1.165) is 0 Å². The van der Waals surface area contributed by atoms with Gasteiger partial charge >= 0.3 is 5.97 Å². The average molecular weight is 420 g/mol. The molecule has 5 rings (SSSR count). The van der Waals surface area contributed by atoms with Crippen LogP contribution in [0.5, 0.6) is 5.75 Å². The molecule has 0 fully saturated rings. The van der Waals surface area contributed by atoms with Crippen molar-refractivity contribution in [2.45, 2.75) is 32.1 Å². The van der Waals surface area contributed by atoms with E-state index in [0.29, 0.717) is 39.2 Å². The number of aliphatic hydroxyl groups is 1. The second-order valence-electron chi connectivity index (χ2n) is 7.71. The minimum atomic E-state index is -1.89. The van der Waals surface area contributed by atoms with Crippen LogP contribution >= 0.6 is 0 Å². The Balaban J connectivity index is 1.84. The molecule has 2 aliphatic rings. The van der Waals surface area contributed by atoms with Gasteiger partial charge in [0.15, 0.2) is 5.60 Å². The highest BCUT2D eigenvalue weighted by Crippen LogP contribution is 2.40. The van der Waals surface area contributed by atoms with Crippen LogP contribution in [-0.4, -0.2) is 33.6 Å². The van der Waals surface area contributed by atoms with E-state index in [2.05, 4.69) is 0 Å². The Bertz CT molecular complexity index is 1380. The molecular weight excluding hydrogens is 400 g/mol. The number of benzene rings is 1. The Kier molecular flexibility index (Phi) is 3.97. The van der Waals surface area contributed by atoms with Crippen molar-refractivity contribution in [1.29, 1.82) is 5.41 Å². The molecule has 0 saturated heterocycles. The molecule has 0 spiro atoms. The first-order valence-electron chi connectivity index (χ1n) is 9.82. The Hall–Kier alpha value is -3.72. The van der Waals surface area contributed by atoms with Crippen molar-refractivity contribution in [3.05, 3.63) is 56.9 Å². The Labute approximate surface area is 176 Å². The van der Waals surface area contributed by atoms with Crippen molar-refractivity contribution in [2.24, 2.45) is 5.73 Å². The summed E-state index contributed by atoms with van der Waals surface area (Å²) in [5, 5.41) is 19.8. The predicted molar refractivity (Wildman–Crippen MR) is 112 cm³/mol. The number of methoxy groups -OCH3 is 1. The number of amidine groups is 1. The van der Waals surface area contributed by atoms with E-state index in [1.165, 1.54) is 4.57 Å². The number of nitrogens with two attached hydrogens (primary N) is 1. The third-order valence-electron chi connectivity index (χ3n) is 6.16. The van der Waals surface area contributed by atoms with Crippen LogP contribution in [-0.2, 0) is 28.3 Å². The average Bonchev–Trinajstić information content (AvgIpc) is 3.12. The van der Waals surface area contributed by atoms with Crippen LogP contribution in [0.1, 0.15) is 35.6 Å². The molecule has 0 saturated carbocycles. The first-order valence-corrected chi connectivity index (χ1v) is 9.82. The molecule has 4 N–H and O–H groups in total. The zero-order valence-corrected chi connectivity index (χ0v) is 17.0. The lowest BCUT2D eigenvalue weighted by Crippen LogP contribution is -2.44. The topological polar surface area (TPSA) is 141 Å². The van der Waals surface area contributed by atoms with Crippen LogP contribution in [0, 0.1) is 5.41 Å². The summed E-state index contributed by atoms with van der Waals surface area (Å²) in [4.78, 5) is 30.3. The molecule has 2 aliphatic heterocycles. The van der Waals surface area contributed by atoms with Gasteiger partial charge in [-0.05, 0) is 30.7 Å². The smallest absolute Gasteiger partial charge is 0.343 e. The number of rotatable bonds is 3. The third kappa shape index (κ3) is 2.46. The molecular formula is C22H20N4O5. The van der Waals surface area contributed by atoms with E-state index < -0.39 is 11.6 Å². The zero-order valence-electron chi connectivity index (χ0n) is 17.0. The highest BCUT2D eigenvalue weighted by Gasteiger charge is 2.45. The fourth-order valence-electron chi connectivity index (χ4n) is 4.49. The molecule has 9 nitrogen and oxygen atoms in total. The second-order valence-corrected chi connectivity index (χ2v) is 7.71. The number of aromatic nitrogens is 2. The first kappa shape index (κ1) is 19.3. The van der Waals surface area contributed by atoms with Crippen LogP contribution in [0.15, 0.2) is 29.1 Å². The maximum atomic E-state index is 13.3. The van der Waals surface area contributed by atoms with Crippen LogP contribution in [0.25, 0.3) is 22.3 Å². The maximum Gasteiger partial charge on any atom is 0.343 e. The van der Waals surface area contributed by atoms with Gasteiger partial charge in [-0.25, -0.2) is 9.78 Å². The van der Waals surface area contributed by atoms with Gasteiger partial charge < -0.3 is 24.9 Å². The van der Waals surface area contributed by atoms with Crippen molar-refractivity contribution in [2.75, 3.05) is 7.11 Å². The summed E-state index contributed by atoms with van der Waals surface area (Å²) in [5.41, 5.74) is 6.87. The fourth-order valence-corrected chi connectivity index (χ4v) is 4.49. The first-order chi connectivity index (χ1) is 14.8. The largest absolute Gasteiger partial charge is 0.497 e. The summed E-state index contributed by atoms with van der Waals surface area (Å²) in [7, 11) is 1.55. The lowest BCUT2D eigenvalue weighted by molar-refractivity contribution is -0.172. The van der Waals surface area contributed by atoms with Crippen molar-refractivity contribution >= 4 is 22.7 Å². The van der Waals surface area contributed by atoms with E-state index in [1.807, 2.05) is 0 Å². The van der Waals surface area contributed by atoms with Gasteiger partial charge in [0.1, 0.15) is 18.2 Å². The number of carbonyl (C=O) groups is 1. The molecule has 9 heteroatoms. The molecule has 158 valence electrons. The number of fused-ring (bicyclic) bond motifs is 5. The van der Waals surface area contributed by atoms with E-state index >= 15 is 0 Å². The summed E-state index contributed by atoms with van der Waals surface area (Å²) in [6, 6.07) is 6.92. The zero-order chi connectivity index (χ0) is 22.1. The number of pyridine rings is 2. The van der Waals surface area contributed by atoms with E-state index in [1.54, 1.807) is 38.3 Å². The lowest BCUT2D eigenvalue weighted by atomic mass is 9.86. The number of nitrogens with one attached hydrogen (secondary N) is 1. The fraction of sp³-hybridized carbons (Fsp3) is 0.273. The quantitative estimate of drug-likeness (QED) is 0.258. The van der Waals surface area contributed by atoms with Crippen molar-refractivity contribution in [1.82, 2.24) is 9.55 Å². The number of carbonyl (C=O) groups excluding carboxylic acids is 1. The Morgan fingerprint density at radius 1 is 1.35 bits per heavy atom. The van der Waals surface area contributed by atoms with Gasteiger partial charge in [0, 0.05) is 22.1 Å². The molecule has 1 atom stereocenters. The molecule has 0 radical (unpaired) electrons. The standard InChI is InChI=1S/C22H20N4O5/c1-3-22(29)14-7-16-18-12(8-26(16)20(27)13(14)9-31-21(22)28)17(19(23)24)11-6-10(30-2)4-5-15(11)25-18/h4-7,29H,3,8-9H2,1-2H3,(H3,23,24)/t22-/m0/s1. The molecule has 4 heterocycles. The molecule has 0 unspecified atom stereocenters. The van der Waals surface area contributed by atoms with Gasteiger partial charge in [0.2, 0.25) is 0 Å². The number of hydrogen-bond donors (Lipinski definition) is 3. The van der Waals surface area contributed by atoms with Gasteiger partial charge in [0.05, 0.1) is 36.1 Å². The van der Waals surface area contributed by atoms with Crippen LogP contribution in [0.3, 0.4) is 0 Å². The molecule has 0 bridgehead atoms. The minimum Gasteiger partial charge on any atom is -0.497 e. The highest BCUT2D eigenvalue weighted by molar-refractivity contribution is 6.10. The van der Waals surface area contributed by atoms with Crippen LogP contribution < -0.4 is 16.0 Å². The monoisotopic (exact) mass is 420 g/mol. The second kappa shape index (κ2) is 6.39. The van der Waals surface area contributed by atoms with E-state index in [4.69, 9.17) is 25.6 Å².